The molecule has 136 valence electrons. The number of rotatable bonds is 3. The van der Waals surface area contributed by atoms with Crippen LogP contribution in [0.1, 0.15) is 16.0 Å². The van der Waals surface area contributed by atoms with Crippen LogP contribution in [0.5, 0.6) is 0 Å². The van der Waals surface area contributed by atoms with Crippen LogP contribution in [0.25, 0.3) is 10.2 Å². The molecule has 3 heterocycles. The molecule has 1 aliphatic rings. The lowest BCUT2D eigenvalue weighted by atomic mass is 10.1. The summed E-state index contributed by atoms with van der Waals surface area (Å²) < 4.78 is 2.01. The number of thiazole rings is 1. The first-order chi connectivity index (χ1) is 12.5. The van der Waals surface area contributed by atoms with Crippen molar-refractivity contribution in [1.29, 1.82) is 0 Å². The van der Waals surface area contributed by atoms with E-state index in [4.69, 9.17) is 16.6 Å². The number of aryl methyl sites for hydroxylation is 2. The molecule has 0 N–H and O–H groups in total. The van der Waals surface area contributed by atoms with Gasteiger partial charge < -0.3 is 9.80 Å². The van der Waals surface area contributed by atoms with Crippen LogP contribution in [0.15, 0.2) is 24.3 Å². The Morgan fingerprint density at radius 2 is 1.81 bits per heavy atom. The predicted molar refractivity (Wildman–Crippen MR) is 111 cm³/mol. The number of piperazine rings is 1. The lowest BCUT2D eigenvalue weighted by Gasteiger charge is -2.34. The maximum Gasteiger partial charge on any atom is 0.227 e. The van der Waals surface area contributed by atoms with E-state index in [0.29, 0.717) is 6.42 Å². The molecular weight excluding hydrogens is 386 g/mol. The number of benzene rings is 1. The minimum absolute atomic E-state index is 0.180. The lowest BCUT2D eigenvalue weighted by molar-refractivity contribution is -0.130. The number of halogens is 1. The van der Waals surface area contributed by atoms with Gasteiger partial charge in [-0.25, -0.2) is 4.98 Å². The van der Waals surface area contributed by atoms with Crippen molar-refractivity contribution in [2.45, 2.75) is 20.3 Å². The summed E-state index contributed by atoms with van der Waals surface area (Å²) >= 11 is 9.19. The molecular formula is C19H20ClN3OS2. The van der Waals surface area contributed by atoms with E-state index in [9.17, 15) is 4.79 Å². The highest BCUT2D eigenvalue weighted by molar-refractivity contribution is 7.22. The zero-order chi connectivity index (χ0) is 18.3. The Balaban J connectivity index is 1.42. The van der Waals surface area contributed by atoms with Gasteiger partial charge in [0, 0.05) is 31.1 Å². The third-order valence-corrected chi connectivity index (χ3v) is 7.27. The van der Waals surface area contributed by atoms with Gasteiger partial charge in [0.1, 0.15) is 0 Å². The zero-order valence-electron chi connectivity index (χ0n) is 14.8. The van der Waals surface area contributed by atoms with Gasteiger partial charge in [-0.3, -0.25) is 4.79 Å². The highest BCUT2D eigenvalue weighted by Crippen LogP contribution is 2.33. The van der Waals surface area contributed by atoms with Gasteiger partial charge in [-0.2, -0.15) is 0 Å². The molecule has 1 aromatic carbocycles. The van der Waals surface area contributed by atoms with Crippen LogP contribution in [0.2, 0.25) is 4.34 Å². The summed E-state index contributed by atoms with van der Waals surface area (Å²) in [6.45, 7) is 7.39. The molecule has 4 nitrogen and oxygen atoms in total. The molecule has 1 fully saturated rings. The van der Waals surface area contributed by atoms with Crippen LogP contribution in [0, 0.1) is 13.8 Å². The maximum atomic E-state index is 12.5. The fourth-order valence-electron chi connectivity index (χ4n) is 3.24. The molecule has 26 heavy (non-hydrogen) atoms. The van der Waals surface area contributed by atoms with Crippen LogP contribution < -0.4 is 4.90 Å². The molecule has 0 bridgehead atoms. The molecule has 3 aromatic rings. The van der Waals surface area contributed by atoms with E-state index >= 15 is 0 Å². The molecule has 1 aliphatic heterocycles. The molecule has 7 heteroatoms. The number of carbonyl (C=O) groups is 1. The monoisotopic (exact) mass is 405 g/mol. The third kappa shape index (κ3) is 3.46. The van der Waals surface area contributed by atoms with Crippen molar-refractivity contribution in [2.24, 2.45) is 0 Å². The SMILES string of the molecule is Cc1ccc(C)c2sc(N3CCN(C(=O)Cc4ccc(Cl)s4)CC3)nc12. The van der Waals surface area contributed by atoms with Crippen LogP contribution in [-0.2, 0) is 11.2 Å². The van der Waals surface area contributed by atoms with Crippen LogP contribution >= 0.6 is 34.3 Å². The zero-order valence-corrected chi connectivity index (χ0v) is 17.2. The Bertz CT molecular complexity index is 918. The molecule has 1 amide bonds. The Kier molecular flexibility index (Phi) is 4.90. The summed E-state index contributed by atoms with van der Waals surface area (Å²) in [5.41, 5.74) is 3.60. The minimum atomic E-state index is 0.180. The average Bonchev–Trinajstić information content (AvgIpc) is 3.26. The molecule has 0 radical (unpaired) electrons. The number of nitrogens with zero attached hydrogens (tertiary/aromatic N) is 3. The van der Waals surface area contributed by atoms with Gasteiger partial charge in [-0.15, -0.1) is 11.3 Å². The van der Waals surface area contributed by atoms with Crippen molar-refractivity contribution in [2.75, 3.05) is 31.1 Å². The van der Waals surface area contributed by atoms with Gasteiger partial charge in [-0.05, 0) is 37.1 Å². The van der Waals surface area contributed by atoms with E-state index in [-0.39, 0.29) is 5.91 Å². The quantitative estimate of drug-likeness (QED) is 0.642. The Labute approximate surface area is 166 Å². The maximum absolute atomic E-state index is 12.5. The average molecular weight is 406 g/mol. The van der Waals surface area contributed by atoms with Crippen LogP contribution in [0.4, 0.5) is 5.13 Å². The van der Waals surface area contributed by atoms with Gasteiger partial charge in [-0.1, -0.05) is 35.1 Å². The molecule has 0 atom stereocenters. The van der Waals surface area contributed by atoms with Crippen LogP contribution in [0.3, 0.4) is 0 Å². The standard InChI is InChI=1S/C19H20ClN3OS2/c1-12-3-4-13(2)18-17(12)21-19(26-18)23-9-7-22(8-10-23)16(24)11-14-5-6-15(20)25-14/h3-6H,7-11H2,1-2H3. The summed E-state index contributed by atoms with van der Waals surface area (Å²) in [7, 11) is 0. The number of anilines is 1. The van der Waals surface area contributed by atoms with Gasteiger partial charge >= 0.3 is 0 Å². The van der Waals surface area contributed by atoms with Crippen molar-refractivity contribution < 1.29 is 4.79 Å². The summed E-state index contributed by atoms with van der Waals surface area (Å²) in [5.74, 6) is 0.180. The Morgan fingerprint density at radius 3 is 2.46 bits per heavy atom. The highest BCUT2D eigenvalue weighted by atomic mass is 35.5. The van der Waals surface area contributed by atoms with Gasteiger partial charge in [0.2, 0.25) is 5.91 Å². The molecule has 0 unspecified atom stereocenters. The summed E-state index contributed by atoms with van der Waals surface area (Å²) in [5, 5.41) is 1.06. The summed E-state index contributed by atoms with van der Waals surface area (Å²) in [4.78, 5) is 22.7. The molecule has 0 saturated carbocycles. The fourth-order valence-corrected chi connectivity index (χ4v) is 5.48. The molecule has 0 spiro atoms. The number of thiophene rings is 1. The summed E-state index contributed by atoms with van der Waals surface area (Å²) in [6, 6.07) is 8.08. The van der Waals surface area contributed by atoms with Crippen molar-refractivity contribution in [3.63, 3.8) is 0 Å². The largest absolute Gasteiger partial charge is 0.345 e. The molecule has 1 saturated heterocycles. The first kappa shape index (κ1) is 17.8. The first-order valence-corrected chi connectivity index (χ1v) is 10.7. The number of carbonyl (C=O) groups excluding carboxylic acids is 1. The second kappa shape index (κ2) is 7.18. The van der Waals surface area contributed by atoms with Gasteiger partial charge in [0.15, 0.2) is 5.13 Å². The number of hydrogen-bond acceptors (Lipinski definition) is 5. The topological polar surface area (TPSA) is 36.4 Å². The van der Waals surface area contributed by atoms with Crippen LogP contribution in [-0.4, -0.2) is 42.0 Å². The number of fused-ring (bicyclic) bond motifs is 1. The van der Waals surface area contributed by atoms with Crippen molar-refractivity contribution in [3.8, 4) is 0 Å². The summed E-state index contributed by atoms with van der Waals surface area (Å²) in [6.07, 6.45) is 0.441. The third-order valence-electron chi connectivity index (χ3n) is 4.79. The minimum Gasteiger partial charge on any atom is -0.345 e. The van der Waals surface area contributed by atoms with Crippen molar-refractivity contribution in [1.82, 2.24) is 9.88 Å². The Hall–Kier alpha value is -1.63. The highest BCUT2D eigenvalue weighted by Gasteiger charge is 2.24. The molecule has 0 aliphatic carbocycles. The first-order valence-electron chi connectivity index (χ1n) is 8.65. The van der Waals surface area contributed by atoms with E-state index in [2.05, 4.69) is 30.9 Å². The number of amides is 1. The van der Waals surface area contributed by atoms with Crippen molar-refractivity contribution >= 4 is 55.5 Å². The number of aromatic nitrogens is 1. The van der Waals surface area contributed by atoms with E-state index < -0.39 is 0 Å². The van der Waals surface area contributed by atoms with Gasteiger partial charge in [0.25, 0.3) is 0 Å². The molecule has 2 aromatic heterocycles. The van der Waals surface area contributed by atoms with E-state index in [1.165, 1.54) is 27.2 Å². The fraction of sp³-hybridized carbons (Fsp3) is 0.368. The van der Waals surface area contributed by atoms with Crippen molar-refractivity contribution in [3.05, 3.63) is 44.6 Å². The molecule has 4 rings (SSSR count). The normalized spacial score (nSPS) is 15.0. The van der Waals surface area contributed by atoms with Gasteiger partial charge in [0.05, 0.1) is 21.0 Å². The second-order valence-corrected chi connectivity index (χ2v) is 9.40. The smallest absolute Gasteiger partial charge is 0.227 e. The second-order valence-electron chi connectivity index (χ2n) is 6.62. The lowest BCUT2D eigenvalue weighted by Crippen LogP contribution is -2.49. The predicted octanol–water partition coefficient (Wildman–Crippen LogP) is 4.52. The Morgan fingerprint density at radius 1 is 1.08 bits per heavy atom. The number of hydrogen-bond donors (Lipinski definition) is 0. The van der Waals surface area contributed by atoms with E-state index in [1.54, 1.807) is 11.3 Å². The van der Waals surface area contributed by atoms with E-state index in [0.717, 1.165) is 46.0 Å². The van der Waals surface area contributed by atoms with E-state index in [1.807, 2.05) is 17.0 Å².